The van der Waals surface area contributed by atoms with Crippen LogP contribution in [0, 0.1) is 0 Å². The molecule has 0 rings (SSSR count). The smallest absolute Gasteiger partial charge is 0.306 e. The molecule has 0 fully saturated rings. The van der Waals surface area contributed by atoms with Gasteiger partial charge in [0, 0.05) is 12.8 Å². The third kappa shape index (κ3) is 76.8. The van der Waals surface area contributed by atoms with Gasteiger partial charge in [-0.05, 0) is 64.2 Å². The average molecular weight is 1240 g/mol. The Labute approximate surface area is 553 Å². The van der Waals surface area contributed by atoms with E-state index in [1.165, 1.54) is 417 Å². The number of hydrogen-bond donors (Lipinski definition) is 1. The van der Waals surface area contributed by atoms with Gasteiger partial charge in [0.15, 0.2) is 6.10 Å². The van der Waals surface area contributed by atoms with Crippen LogP contribution in [-0.2, 0) is 19.1 Å². The maximum Gasteiger partial charge on any atom is 0.306 e. The van der Waals surface area contributed by atoms with Crippen LogP contribution >= 0.6 is 0 Å². The van der Waals surface area contributed by atoms with Crippen LogP contribution in [0.5, 0.6) is 0 Å². The first-order valence-electron chi connectivity index (χ1n) is 40.9. The van der Waals surface area contributed by atoms with E-state index in [1.54, 1.807) is 0 Å². The summed E-state index contributed by atoms with van der Waals surface area (Å²) in [6, 6.07) is 0. The van der Waals surface area contributed by atoms with Crippen LogP contribution in [0.1, 0.15) is 476 Å². The Balaban J connectivity index is 3.34. The van der Waals surface area contributed by atoms with Gasteiger partial charge >= 0.3 is 11.9 Å². The molecule has 0 radical (unpaired) electrons. The van der Waals surface area contributed by atoms with Gasteiger partial charge in [-0.2, -0.15) is 0 Å². The van der Waals surface area contributed by atoms with Crippen molar-refractivity contribution < 1.29 is 24.2 Å². The first-order valence-corrected chi connectivity index (χ1v) is 40.9. The Morgan fingerprint density at radius 2 is 0.420 bits per heavy atom. The molecule has 88 heavy (non-hydrogen) atoms. The van der Waals surface area contributed by atoms with E-state index in [1.807, 2.05) is 0 Å². The lowest BCUT2D eigenvalue weighted by atomic mass is 10.0. The zero-order chi connectivity index (χ0) is 63.3. The van der Waals surface area contributed by atoms with Gasteiger partial charge in [0.05, 0.1) is 6.61 Å². The molecule has 1 atom stereocenters. The van der Waals surface area contributed by atoms with E-state index in [0.717, 1.165) is 32.1 Å². The third-order valence-electron chi connectivity index (χ3n) is 19.2. The molecule has 0 aromatic rings. The van der Waals surface area contributed by atoms with Crippen LogP contribution in [0.4, 0.5) is 0 Å². The highest BCUT2D eigenvalue weighted by Gasteiger charge is 2.16. The number of hydrogen-bond acceptors (Lipinski definition) is 5. The molecular weight excluding hydrogens is 1080 g/mol. The van der Waals surface area contributed by atoms with Crippen molar-refractivity contribution in [3.05, 3.63) is 24.3 Å². The Hall–Kier alpha value is -1.62. The lowest BCUT2D eigenvalue weighted by molar-refractivity contribution is -0.161. The lowest BCUT2D eigenvalue weighted by Gasteiger charge is -2.15. The molecule has 0 aromatic carbocycles. The van der Waals surface area contributed by atoms with Gasteiger partial charge in [-0.25, -0.2) is 0 Å². The molecule has 0 spiro atoms. The van der Waals surface area contributed by atoms with Gasteiger partial charge in [-0.1, -0.05) is 423 Å². The second kappa shape index (κ2) is 79.6. The molecule has 0 bridgehead atoms. The SMILES string of the molecule is CCCCCCCCCC/C=C\CCCCCCCCCCCCCCCCCCCCCCCCCCCCCCCC(=O)OC(CO)COC(=O)CCCCCCCCCCCCCCCCCCCCCCC/C=C\CCCCCCCCCC. The number of carbonyl (C=O) groups excluding carboxylic acids is 2. The molecule has 0 saturated heterocycles. The molecule has 0 saturated carbocycles. The topological polar surface area (TPSA) is 72.8 Å². The number of aliphatic hydroxyl groups excluding tert-OH is 1. The van der Waals surface area contributed by atoms with Gasteiger partial charge in [-0.3, -0.25) is 9.59 Å². The minimum atomic E-state index is -0.769. The fourth-order valence-electron chi connectivity index (χ4n) is 13.1. The number of allylic oxidation sites excluding steroid dienone is 4. The number of aliphatic hydroxyl groups is 1. The number of carbonyl (C=O) groups is 2. The molecule has 0 amide bonds. The van der Waals surface area contributed by atoms with Gasteiger partial charge in [-0.15, -0.1) is 0 Å². The maximum atomic E-state index is 12.4. The number of esters is 2. The van der Waals surface area contributed by atoms with E-state index >= 15 is 0 Å². The summed E-state index contributed by atoms with van der Waals surface area (Å²) in [5.41, 5.74) is 0. The minimum absolute atomic E-state index is 0.0571. The Bertz CT molecular complexity index is 1360. The first-order chi connectivity index (χ1) is 43.6. The van der Waals surface area contributed by atoms with Crippen molar-refractivity contribution in [1.29, 1.82) is 0 Å². The van der Waals surface area contributed by atoms with Gasteiger partial charge < -0.3 is 14.6 Å². The Morgan fingerprint density at radius 1 is 0.250 bits per heavy atom. The average Bonchev–Trinajstić information content (AvgIpc) is 3.56. The second-order valence-electron chi connectivity index (χ2n) is 28.2. The van der Waals surface area contributed by atoms with Gasteiger partial charge in [0.1, 0.15) is 6.61 Å². The summed E-state index contributed by atoms with van der Waals surface area (Å²) in [5, 5.41) is 9.73. The van der Waals surface area contributed by atoms with Crippen LogP contribution in [0.2, 0.25) is 0 Å². The molecule has 0 heterocycles. The molecule has 1 unspecified atom stereocenters. The number of rotatable bonds is 78. The van der Waals surface area contributed by atoms with Crippen LogP contribution in [-0.4, -0.2) is 36.4 Å². The van der Waals surface area contributed by atoms with E-state index in [0.29, 0.717) is 12.8 Å². The summed E-state index contributed by atoms with van der Waals surface area (Å²) in [7, 11) is 0. The zero-order valence-electron chi connectivity index (χ0n) is 60.3. The van der Waals surface area contributed by atoms with Crippen molar-refractivity contribution in [2.45, 2.75) is 482 Å². The molecule has 5 nitrogen and oxygen atoms in total. The van der Waals surface area contributed by atoms with E-state index in [9.17, 15) is 14.7 Å². The van der Waals surface area contributed by atoms with Gasteiger partial charge in [0.2, 0.25) is 0 Å². The quantitative estimate of drug-likeness (QED) is 0.0373. The monoisotopic (exact) mass is 1240 g/mol. The molecule has 522 valence electrons. The van der Waals surface area contributed by atoms with Crippen LogP contribution < -0.4 is 0 Å². The largest absolute Gasteiger partial charge is 0.462 e. The predicted molar refractivity (Wildman–Crippen MR) is 390 cm³/mol. The third-order valence-corrected chi connectivity index (χ3v) is 19.2. The van der Waals surface area contributed by atoms with Crippen molar-refractivity contribution in [2.75, 3.05) is 13.2 Å². The summed E-state index contributed by atoms with van der Waals surface area (Å²) < 4.78 is 10.8. The predicted octanol–water partition coefficient (Wildman–Crippen LogP) is 28.7. The van der Waals surface area contributed by atoms with Crippen molar-refractivity contribution in [1.82, 2.24) is 0 Å². The van der Waals surface area contributed by atoms with E-state index < -0.39 is 6.10 Å². The van der Waals surface area contributed by atoms with Crippen molar-refractivity contribution in [3.63, 3.8) is 0 Å². The molecule has 1 N–H and O–H groups in total. The summed E-state index contributed by atoms with van der Waals surface area (Å²) in [6.07, 6.45) is 106. The zero-order valence-corrected chi connectivity index (χ0v) is 60.3. The Kier molecular flexibility index (Phi) is 78.2. The minimum Gasteiger partial charge on any atom is -0.462 e. The number of unbranched alkanes of at least 4 members (excludes halogenated alkanes) is 66. The number of ether oxygens (including phenoxy) is 2. The van der Waals surface area contributed by atoms with E-state index in [4.69, 9.17) is 9.47 Å². The molecule has 0 aliphatic rings. The summed E-state index contributed by atoms with van der Waals surface area (Å²) in [4.78, 5) is 24.7. The first kappa shape index (κ1) is 86.4. The van der Waals surface area contributed by atoms with Crippen molar-refractivity contribution in [2.24, 2.45) is 0 Å². The molecule has 0 aliphatic heterocycles. The molecular formula is C83H160O5. The lowest BCUT2D eigenvalue weighted by Crippen LogP contribution is -2.28. The van der Waals surface area contributed by atoms with E-state index in [-0.39, 0.29) is 25.2 Å². The summed E-state index contributed by atoms with van der Waals surface area (Å²) in [5.74, 6) is -0.559. The van der Waals surface area contributed by atoms with Crippen molar-refractivity contribution in [3.8, 4) is 0 Å². The van der Waals surface area contributed by atoms with Crippen LogP contribution in [0.3, 0.4) is 0 Å². The highest BCUT2D eigenvalue weighted by atomic mass is 16.6. The summed E-state index contributed by atoms with van der Waals surface area (Å²) >= 11 is 0. The maximum absolute atomic E-state index is 12.4. The van der Waals surface area contributed by atoms with Crippen LogP contribution in [0.15, 0.2) is 24.3 Å². The fourth-order valence-corrected chi connectivity index (χ4v) is 13.1. The van der Waals surface area contributed by atoms with Gasteiger partial charge in [0.25, 0.3) is 0 Å². The Morgan fingerprint density at radius 3 is 0.614 bits per heavy atom. The highest BCUT2D eigenvalue weighted by Crippen LogP contribution is 2.20. The van der Waals surface area contributed by atoms with E-state index in [2.05, 4.69) is 38.2 Å². The standard InChI is InChI=1S/C83H160O5/c1-3-5-7-9-11-13-15-17-19-21-23-25-27-29-31-33-35-37-38-39-40-41-42-43-44-46-48-50-52-54-56-58-60-62-64-66-68-70-72-74-76-78-83(86)88-81(79-84)80-87-82(85)77-75-73-71-69-67-65-63-61-59-57-55-53-51-49-47-45-36-34-32-30-28-26-24-22-20-18-16-14-12-10-8-6-4-2/h21-24,81,84H,3-20,25-80H2,1-2H3/b23-21-,24-22-. The van der Waals surface area contributed by atoms with Crippen LogP contribution in [0.25, 0.3) is 0 Å². The molecule has 5 heteroatoms. The summed E-state index contributed by atoms with van der Waals surface area (Å²) in [6.45, 7) is 4.22. The highest BCUT2D eigenvalue weighted by molar-refractivity contribution is 5.70. The fraction of sp³-hybridized carbons (Fsp3) is 0.928. The second-order valence-corrected chi connectivity index (χ2v) is 28.2. The normalized spacial score (nSPS) is 12.2. The molecule has 0 aliphatic carbocycles. The molecule has 0 aromatic heterocycles. The van der Waals surface area contributed by atoms with Crippen molar-refractivity contribution >= 4 is 11.9 Å².